The largest absolute Gasteiger partial charge is 0.382 e. The van der Waals surface area contributed by atoms with Crippen LogP contribution in [-0.4, -0.2) is 74.8 Å². The molecule has 1 aromatic rings. The van der Waals surface area contributed by atoms with Gasteiger partial charge >= 0.3 is 0 Å². The van der Waals surface area contributed by atoms with Crippen molar-refractivity contribution in [3.63, 3.8) is 0 Å². The summed E-state index contributed by atoms with van der Waals surface area (Å²) in [6.07, 6.45) is 0.130. The lowest BCUT2D eigenvalue weighted by Crippen LogP contribution is -2.57. The van der Waals surface area contributed by atoms with Gasteiger partial charge in [0.1, 0.15) is 17.1 Å². The molecule has 1 saturated heterocycles. The molecule has 1 aliphatic heterocycles. The third-order valence-corrected chi connectivity index (χ3v) is 3.93. The molecule has 0 unspecified atom stereocenters. The van der Waals surface area contributed by atoms with Gasteiger partial charge < -0.3 is 25.0 Å². The highest BCUT2D eigenvalue weighted by molar-refractivity contribution is 5.93. The van der Waals surface area contributed by atoms with Crippen molar-refractivity contribution >= 4 is 17.6 Å². The first kappa shape index (κ1) is 18.2. The van der Waals surface area contributed by atoms with Crippen LogP contribution in [0.4, 0.5) is 5.82 Å². The second-order valence-corrected chi connectivity index (χ2v) is 5.70. The number of nitrogens with one attached hydrogen (secondary N) is 2. The highest BCUT2D eigenvalue weighted by Gasteiger charge is 2.40. The lowest BCUT2D eigenvalue weighted by Gasteiger charge is -2.41. The van der Waals surface area contributed by atoms with E-state index in [2.05, 4.69) is 15.6 Å². The molecule has 2 amide bonds. The number of rotatable bonds is 6. The second kappa shape index (κ2) is 8.07. The number of pyridine rings is 1. The summed E-state index contributed by atoms with van der Waals surface area (Å²) in [4.78, 5) is 30.5. The molecule has 8 heteroatoms. The number of carbonyl (C=O) groups excluding carboxylic acids is 2. The predicted molar refractivity (Wildman–Crippen MR) is 88.9 cm³/mol. The Balaban J connectivity index is 2.17. The lowest BCUT2D eigenvalue weighted by molar-refractivity contribution is -0.150. The number of nitrogens with zero attached hydrogens (tertiary/aromatic N) is 2. The zero-order chi connectivity index (χ0) is 17.6. The highest BCUT2D eigenvalue weighted by atomic mass is 16.5. The molecule has 24 heavy (non-hydrogen) atoms. The monoisotopic (exact) mass is 336 g/mol. The number of carbonyl (C=O) groups is 2. The van der Waals surface area contributed by atoms with E-state index in [4.69, 9.17) is 9.47 Å². The molecule has 1 aliphatic rings. The van der Waals surface area contributed by atoms with Gasteiger partial charge in [0.2, 0.25) is 5.91 Å². The molecule has 0 aliphatic carbocycles. The van der Waals surface area contributed by atoms with Gasteiger partial charge in [-0.3, -0.25) is 9.59 Å². The fraction of sp³-hybridized carbons (Fsp3) is 0.562. The van der Waals surface area contributed by atoms with Gasteiger partial charge in [-0.05, 0) is 12.1 Å². The van der Waals surface area contributed by atoms with E-state index in [1.54, 1.807) is 44.3 Å². The molecule has 1 aromatic heterocycles. The van der Waals surface area contributed by atoms with Gasteiger partial charge in [0.25, 0.3) is 5.91 Å². The predicted octanol–water partition coefficient (Wildman–Crippen LogP) is 0.117. The molecule has 0 bridgehead atoms. The summed E-state index contributed by atoms with van der Waals surface area (Å²) in [7, 11) is 4.87. The van der Waals surface area contributed by atoms with Crippen molar-refractivity contribution in [2.75, 3.05) is 52.8 Å². The molecule has 1 atom stereocenters. The number of ether oxygens (including phenoxy) is 2. The van der Waals surface area contributed by atoms with Crippen molar-refractivity contribution in [2.24, 2.45) is 0 Å². The van der Waals surface area contributed by atoms with Crippen LogP contribution < -0.4 is 10.6 Å². The second-order valence-electron chi connectivity index (χ2n) is 5.70. The van der Waals surface area contributed by atoms with Crippen molar-refractivity contribution in [3.8, 4) is 0 Å². The summed E-state index contributed by atoms with van der Waals surface area (Å²) in [6.45, 7) is 1.30. The van der Waals surface area contributed by atoms with Crippen LogP contribution in [-0.2, 0) is 14.3 Å². The lowest BCUT2D eigenvalue weighted by atomic mass is 9.97. The molecule has 2 N–H and O–H groups in total. The van der Waals surface area contributed by atoms with E-state index in [9.17, 15) is 9.59 Å². The maximum atomic E-state index is 12.8. The SMILES string of the molecule is CNC(=O)C[C@]1(COC)CN(C(=O)c2cccc(NC)n2)CCO1. The molecule has 2 heterocycles. The van der Waals surface area contributed by atoms with Gasteiger partial charge in [0.15, 0.2) is 0 Å². The zero-order valence-electron chi connectivity index (χ0n) is 14.3. The van der Waals surface area contributed by atoms with Crippen molar-refractivity contribution in [2.45, 2.75) is 12.0 Å². The van der Waals surface area contributed by atoms with Crippen molar-refractivity contribution in [3.05, 3.63) is 23.9 Å². The number of amides is 2. The van der Waals surface area contributed by atoms with E-state index in [0.717, 1.165) is 0 Å². The fourth-order valence-corrected chi connectivity index (χ4v) is 2.76. The number of methoxy groups -OCH3 is 1. The Hall–Kier alpha value is -2.19. The van der Waals surface area contributed by atoms with Crippen molar-refractivity contribution in [1.82, 2.24) is 15.2 Å². The standard InChI is InChI=1S/C16H24N4O4/c1-17-13-6-4-5-12(19-13)15(22)20-7-8-24-16(10-20,11-23-3)9-14(21)18-2/h4-6H,7-11H2,1-3H3,(H,17,19)(H,18,21)/t16-/m1/s1. The summed E-state index contributed by atoms with van der Waals surface area (Å²) >= 11 is 0. The zero-order valence-corrected chi connectivity index (χ0v) is 14.3. The normalized spacial score (nSPS) is 20.5. The van der Waals surface area contributed by atoms with E-state index in [-0.39, 0.29) is 31.4 Å². The molecule has 132 valence electrons. The summed E-state index contributed by atoms with van der Waals surface area (Å²) in [5, 5.41) is 5.50. The maximum Gasteiger partial charge on any atom is 0.272 e. The Morgan fingerprint density at radius 3 is 2.88 bits per heavy atom. The number of morpholine rings is 1. The summed E-state index contributed by atoms with van der Waals surface area (Å²) < 4.78 is 11.1. The van der Waals surface area contributed by atoms with Gasteiger partial charge in [0.05, 0.1) is 26.2 Å². The molecular weight excluding hydrogens is 312 g/mol. The van der Waals surface area contributed by atoms with Crippen LogP contribution in [0.3, 0.4) is 0 Å². The van der Waals surface area contributed by atoms with Gasteiger partial charge in [0, 0.05) is 27.7 Å². The average molecular weight is 336 g/mol. The molecular formula is C16H24N4O4. The maximum absolute atomic E-state index is 12.8. The van der Waals surface area contributed by atoms with E-state index in [1.165, 1.54) is 0 Å². The Morgan fingerprint density at radius 2 is 2.21 bits per heavy atom. The molecule has 1 fully saturated rings. The Bertz CT molecular complexity index is 591. The minimum Gasteiger partial charge on any atom is -0.382 e. The number of hydrogen-bond acceptors (Lipinski definition) is 6. The van der Waals surface area contributed by atoms with Crippen molar-refractivity contribution < 1.29 is 19.1 Å². The van der Waals surface area contributed by atoms with Crippen LogP contribution in [0.2, 0.25) is 0 Å². The van der Waals surface area contributed by atoms with Crippen LogP contribution >= 0.6 is 0 Å². The first-order valence-corrected chi connectivity index (χ1v) is 7.81. The van der Waals surface area contributed by atoms with Gasteiger partial charge in [-0.1, -0.05) is 6.07 Å². The Labute approximate surface area is 141 Å². The van der Waals surface area contributed by atoms with Crippen LogP contribution in [0.25, 0.3) is 0 Å². The first-order valence-electron chi connectivity index (χ1n) is 7.81. The van der Waals surface area contributed by atoms with E-state index in [1.807, 2.05) is 0 Å². The van der Waals surface area contributed by atoms with E-state index in [0.29, 0.717) is 24.7 Å². The van der Waals surface area contributed by atoms with E-state index < -0.39 is 5.60 Å². The smallest absolute Gasteiger partial charge is 0.272 e. The topological polar surface area (TPSA) is 92.8 Å². The Kier molecular flexibility index (Phi) is 6.10. The number of aromatic nitrogens is 1. The van der Waals surface area contributed by atoms with Crippen molar-refractivity contribution in [1.29, 1.82) is 0 Å². The quantitative estimate of drug-likeness (QED) is 0.766. The molecule has 0 spiro atoms. The minimum absolute atomic E-state index is 0.130. The summed E-state index contributed by atoms with van der Waals surface area (Å²) in [6, 6.07) is 5.24. The van der Waals surface area contributed by atoms with Crippen LogP contribution in [0.5, 0.6) is 0 Å². The minimum atomic E-state index is -0.844. The highest BCUT2D eigenvalue weighted by Crippen LogP contribution is 2.24. The third-order valence-electron chi connectivity index (χ3n) is 3.93. The first-order chi connectivity index (χ1) is 11.5. The number of anilines is 1. The summed E-state index contributed by atoms with van der Waals surface area (Å²) in [5.74, 6) is 0.284. The number of hydrogen-bond donors (Lipinski definition) is 2. The molecule has 0 aromatic carbocycles. The molecule has 2 rings (SSSR count). The van der Waals surface area contributed by atoms with Gasteiger partial charge in [-0.15, -0.1) is 0 Å². The van der Waals surface area contributed by atoms with E-state index >= 15 is 0 Å². The van der Waals surface area contributed by atoms with Crippen LogP contribution in [0.1, 0.15) is 16.9 Å². The molecule has 0 saturated carbocycles. The fourth-order valence-electron chi connectivity index (χ4n) is 2.76. The average Bonchev–Trinajstić information content (AvgIpc) is 2.61. The van der Waals surface area contributed by atoms with Crippen LogP contribution in [0.15, 0.2) is 18.2 Å². The van der Waals surface area contributed by atoms with Gasteiger partial charge in [-0.2, -0.15) is 0 Å². The van der Waals surface area contributed by atoms with Crippen LogP contribution in [0, 0.1) is 0 Å². The third kappa shape index (κ3) is 4.21. The molecule has 8 nitrogen and oxygen atoms in total. The molecule has 0 radical (unpaired) electrons. The Morgan fingerprint density at radius 1 is 1.42 bits per heavy atom. The van der Waals surface area contributed by atoms with Gasteiger partial charge in [-0.25, -0.2) is 4.98 Å². The summed E-state index contributed by atoms with van der Waals surface area (Å²) in [5.41, 5.74) is -0.487.